The van der Waals surface area contributed by atoms with Gasteiger partial charge in [-0.25, -0.2) is 18.1 Å². The molecular weight excluding hydrogens is 400 g/mol. The zero-order valence-electron chi connectivity index (χ0n) is 15.3. The van der Waals surface area contributed by atoms with Crippen LogP contribution in [0.1, 0.15) is 19.5 Å². The van der Waals surface area contributed by atoms with Crippen LogP contribution in [-0.2, 0) is 14.8 Å². The first-order valence-corrected chi connectivity index (χ1v) is 10.4. The SMILES string of the molecule is CC(C)NS(=O)(=O)c1ccc(NC(=O)/C=C/c2c(Cl)nc3ccccn23)cc1. The number of rotatable bonds is 6. The minimum atomic E-state index is -3.57. The van der Waals surface area contributed by atoms with Crippen LogP contribution in [0.4, 0.5) is 5.69 Å². The molecule has 146 valence electrons. The predicted octanol–water partition coefficient (Wildman–Crippen LogP) is 3.33. The van der Waals surface area contributed by atoms with Crippen LogP contribution in [0.2, 0.25) is 5.15 Å². The minimum absolute atomic E-state index is 0.132. The van der Waals surface area contributed by atoms with Crippen LogP contribution in [0.5, 0.6) is 0 Å². The number of sulfonamides is 1. The van der Waals surface area contributed by atoms with Gasteiger partial charge in [-0.15, -0.1) is 0 Å². The molecule has 0 aliphatic rings. The number of halogens is 1. The summed E-state index contributed by atoms with van der Waals surface area (Å²) in [7, 11) is -3.57. The quantitative estimate of drug-likeness (QED) is 0.600. The summed E-state index contributed by atoms with van der Waals surface area (Å²) in [5.41, 5.74) is 1.75. The lowest BCUT2D eigenvalue weighted by atomic mass is 10.3. The molecule has 0 radical (unpaired) electrons. The fourth-order valence-corrected chi connectivity index (χ4v) is 4.06. The van der Waals surface area contributed by atoms with Crippen molar-refractivity contribution >= 4 is 44.9 Å². The molecule has 0 atom stereocenters. The van der Waals surface area contributed by atoms with Crippen molar-refractivity contribution in [3.8, 4) is 0 Å². The van der Waals surface area contributed by atoms with Gasteiger partial charge in [0, 0.05) is 24.0 Å². The number of carbonyl (C=O) groups excluding carboxylic acids is 1. The Morgan fingerprint density at radius 2 is 1.89 bits per heavy atom. The van der Waals surface area contributed by atoms with E-state index >= 15 is 0 Å². The zero-order valence-corrected chi connectivity index (χ0v) is 16.8. The zero-order chi connectivity index (χ0) is 20.3. The highest BCUT2D eigenvalue weighted by molar-refractivity contribution is 7.89. The maximum absolute atomic E-state index is 12.2. The molecule has 1 amide bonds. The monoisotopic (exact) mass is 418 g/mol. The molecule has 1 aromatic carbocycles. The van der Waals surface area contributed by atoms with Crippen LogP contribution >= 0.6 is 11.6 Å². The molecule has 0 saturated carbocycles. The van der Waals surface area contributed by atoms with Crippen molar-refractivity contribution in [1.29, 1.82) is 0 Å². The van der Waals surface area contributed by atoms with Crippen LogP contribution in [0.25, 0.3) is 11.7 Å². The van der Waals surface area contributed by atoms with Gasteiger partial charge in [-0.1, -0.05) is 17.7 Å². The fourth-order valence-electron chi connectivity index (χ4n) is 2.57. The average Bonchev–Trinajstić information content (AvgIpc) is 2.94. The third-order valence-corrected chi connectivity index (χ3v) is 5.69. The molecule has 2 aromatic heterocycles. The number of pyridine rings is 1. The number of hydrogen-bond donors (Lipinski definition) is 2. The van der Waals surface area contributed by atoms with Gasteiger partial charge in [-0.2, -0.15) is 0 Å². The highest BCUT2D eigenvalue weighted by atomic mass is 35.5. The van der Waals surface area contributed by atoms with Crippen molar-refractivity contribution in [2.24, 2.45) is 0 Å². The first-order chi connectivity index (χ1) is 13.3. The van der Waals surface area contributed by atoms with E-state index in [4.69, 9.17) is 11.6 Å². The molecule has 0 bridgehead atoms. The summed E-state index contributed by atoms with van der Waals surface area (Å²) >= 11 is 6.13. The second kappa shape index (κ2) is 8.14. The number of nitrogens with zero attached hydrogens (tertiary/aromatic N) is 2. The Labute approximate surface area is 168 Å². The van der Waals surface area contributed by atoms with Crippen molar-refractivity contribution < 1.29 is 13.2 Å². The van der Waals surface area contributed by atoms with Crippen LogP contribution in [0, 0.1) is 0 Å². The van der Waals surface area contributed by atoms with E-state index in [9.17, 15) is 13.2 Å². The Hall–Kier alpha value is -2.68. The largest absolute Gasteiger partial charge is 0.323 e. The predicted molar refractivity (Wildman–Crippen MR) is 110 cm³/mol. The van der Waals surface area contributed by atoms with Crippen molar-refractivity contribution in [3.05, 3.63) is 65.6 Å². The van der Waals surface area contributed by atoms with Crippen molar-refractivity contribution in [1.82, 2.24) is 14.1 Å². The van der Waals surface area contributed by atoms with Gasteiger partial charge in [0.2, 0.25) is 15.9 Å². The highest BCUT2D eigenvalue weighted by Gasteiger charge is 2.15. The number of aromatic nitrogens is 2. The molecule has 2 N–H and O–H groups in total. The van der Waals surface area contributed by atoms with Gasteiger partial charge in [0.15, 0.2) is 5.15 Å². The number of anilines is 1. The molecule has 0 spiro atoms. The van der Waals surface area contributed by atoms with Crippen LogP contribution in [0.3, 0.4) is 0 Å². The Kier molecular flexibility index (Phi) is 5.83. The van der Waals surface area contributed by atoms with E-state index in [1.165, 1.54) is 30.3 Å². The number of nitrogens with one attached hydrogen (secondary N) is 2. The minimum Gasteiger partial charge on any atom is -0.323 e. The number of fused-ring (bicyclic) bond motifs is 1. The lowest BCUT2D eigenvalue weighted by Crippen LogP contribution is -2.30. The second-order valence-electron chi connectivity index (χ2n) is 6.34. The lowest BCUT2D eigenvalue weighted by molar-refractivity contribution is -0.111. The van der Waals surface area contributed by atoms with Gasteiger partial charge in [-0.3, -0.25) is 9.20 Å². The molecule has 0 unspecified atom stereocenters. The standard InChI is InChI=1S/C19H19ClN4O3S/c1-13(2)23-28(26,27)15-8-6-14(7-9-15)21-18(25)11-10-16-19(20)22-17-5-3-4-12-24(16)17/h3-13,23H,1-2H3,(H,21,25)/b11-10+. The molecule has 0 aliphatic carbocycles. The van der Waals surface area contributed by atoms with E-state index < -0.39 is 10.0 Å². The van der Waals surface area contributed by atoms with Gasteiger partial charge in [-0.05, 0) is 56.3 Å². The van der Waals surface area contributed by atoms with E-state index in [-0.39, 0.29) is 16.8 Å². The lowest BCUT2D eigenvalue weighted by Gasteiger charge is -2.10. The van der Waals surface area contributed by atoms with E-state index in [1.807, 2.05) is 18.2 Å². The molecular formula is C19H19ClN4O3S. The molecule has 7 nitrogen and oxygen atoms in total. The summed E-state index contributed by atoms with van der Waals surface area (Å²) in [6.45, 7) is 3.49. The Morgan fingerprint density at radius 3 is 2.57 bits per heavy atom. The summed E-state index contributed by atoms with van der Waals surface area (Å²) in [4.78, 5) is 16.5. The van der Waals surface area contributed by atoms with E-state index in [1.54, 1.807) is 30.5 Å². The normalized spacial score (nSPS) is 12.1. The van der Waals surface area contributed by atoms with Crippen molar-refractivity contribution in [2.45, 2.75) is 24.8 Å². The van der Waals surface area contributed by atoms with Gasteiger partial charge in [0.05, 0.1) is 10.6 Å². The third-order valence-electron chi connectivity index (χ3n) is 3.74. The van der Waals surface area contributed by atoms with E-state index in [0.29, 0.717) is 22.2 Å². The molecule has 3 aromatic rings. The fraction of sp³-hybridized carbons (Fsp3) is 0.158. The molecule has 28 heavy (non-hydrogen) atoms. The summed E-state index contributed by atoms with van der Waals surface area (Å²) in [5, 5.41) is 2.97. The molecule has 3 rings (SSSR count). The highest BCUT2D eigenvalue weighted by Crippen LogP contribution is 2.19. The first-order valence-electron chi connectivity index (χ1n) is 8.50. The summed E-state index contributed by atoms with van der Waals surface area (Å²) < 4.78 is 28.5. The topological polar surface area (TPSA) is 92.6 Å². The summed E-state index contributed by atoms with van der Waals surface area (Å²) in [6.07, 6.45) is 4.71. The maximum atomic E-state index is 12.2. The number of carbonyl (C=O) groups is 1. The van der Waals surface area contributed by atoms with Crippen LogP contribution < -0.4 is 10.0 Å². The number of amides is 1. The number of hydrogen-bond acceptors (Lipinski definition) is 4. The van der Waals surface area contributed by atoms with Gasteiger partial charge in [0.1, 0.15) is 5.65 Å². The smallest absolute Gasteiger partial charge is 0.248 e. The average molecular weight is 419 g/mol. The van der Waals surface area contributed by atoms with E-state index in [0.717, 1.165) is 0 Å². The Bertz CT molecular complexity index is 1140. The molecule has 9 heteroatoms. The molecule has 2 heterocycles. The van der Waals surface area contributed by atoms with Crippen LogP contribution in [-0.4, -0.2) is 29.8 Å². The summed E-state index contributed by atoms with van der Waals surface area (Å²) in [6, 6.07) is 11.2. The van der Waals surface area contributed by atoms with Crippen molar-refractivity contribution in [2.75, 3.05) is 5.32 Å². The maximum Gasteiger partial charge on any atom is 0.248 e. The van der Waals surface area contributed by atoms with Gasteiger partial charge >= 0.3 is 0 Å². The molecule has 0 fully saturated rings. The van der Waals surface area contributed by atoms with E-state index in [2.05, 4.69) is 15.0 Å². The number of imidazole rings is 1. The number of benzene rings is 1. The third kappa shape index (κ3) is 4.59. The molecule has 0 saturated heterocycles. The molecule has 0 aliphatic heterocycles. The van der Waals surface area contributed by atoms with Gasteiger partial charge in [0.25, 0.3) is 0 Å². The van der Waals surface area contributed by atoms with Gasteiger partial charge < -0.3 is 5.32 Å². The first kappa shape index (κ1) is 20.1. The van der Waals surface area contributed by atoms with Crippen molar-refractivity contribution in [3.63, 3.8) is 0 Å². The second-order valence-corrected chi connectivity index (χ2v) is 8.41. The Morgan fingerprint density at radius 1 is 1.18 bits per heavy atom. The van der Waals surface area contributed by atoms with Crippen LogP contribution in [0.15, 0.2) is 59.6 Å². The summed E-state index contributed by atoms with van der Waals surface area (Å²) in [5.74, 6) is -0.377. The Balaban J connectivity index is 1.71.